The highest BCUT2D eigenvalue weighted by Gasteiger charge is 2.38. The minimum atomic E-state index is -4.48. The molecule has 4 aromatic rings. The van der Waals surface area contributed by atoms with E-state index >= 15 is 0 Å². The van der Waals surface area contributed by atoms with E-state index in [9.17, 15) is 18.0 Å². The van der Waals surface area contributed by atoms with Crippen molar-refractivity contribution in [3.8, 4) is 0 Å². The van der Waals surface area contributed by atoms with Crippen molar-refractivity contribution >= 4 is 28.4 Å². The lowest BCUT2D eigenvalue weighted by molar-refractivity contribution is -0.137. The van der Waals surface area contributed by atoms with Gasteiger partial charge in [-0.3, -0.25) is 9.67 Å². The molecule has 1 fully saturated rings. The fourth-order valence-corrected chi connectivity index (χ4v) is 4.07. The van der Waals surface area contributed by atoms with Gasteiger partial charge in [0.1, 0.15) is 5.65 Å². The minimum Gasteiger partial charge on any atom is -0.478 e. The number of carboxylic acid groups (broad SMARTS) is 1. The number of anilines is 2. The van der Waals surface area contributed by atoms with E-state index in [0.717, 1.165) is 24.7 Å². The summed E-state index contributed by atoms with van der Waals surface area (Å²) in [7, 11) is 0. The third-order valence-corrected chi connectivity index (χ3v) is 5.71. The van der Waals surface area contributed by atoms with Crippen molar-refractivity contribution in [3.63, 3.8) is 0 Å². The molecular formula is C23H25F3N8O2. The molecule has 5 rings (SSSR count). The number of aromatic nitrogens is 5. The molecule has 0 saturated carbocycles. The number of rotatable bonds is 4. The summed E-state index contributed by atoms with van der Waals surface area (Å²) in [6.07, 6.45) is 3.90. The van der Waals surface area contributed by atoms with Crippen molar-refractivity contribution in [3.05, 3.63) is 66.0 Å². The predicted octanol–water partition coefficient (Wildman–Crippen LogP) is 3.12. The van der Waals surface area contributed by atoms with Gasteiger partial charge in [0, 0.05) is 43.9 Å². The Kier molecular flexibility index (Phi) is 7.10. The molecule has 10 nitrogen and oxygen atoms in total. The summed E-state index contributed by atoms with van der Waals surface area (Å²) in [4.78, 5) is 23.0. The Morgan fingerprint density at radius 3 is 2.69 bits per heavy atom. The fourth-order valence-electron chi connectivity index (χ4n) is 4.07. The number of nitrogens with one attached hydrogen (secondary N) is 1. The monoisotopic (exact) mass is 502 g/mol. The van der Waals surface area contributed by atoms with Gasteiger partial charge in [0.15, 0.2) is 0 Å². The van der Waals surface area contributed by atoms with E-state index in [-0.39, 0.29) is 23.0 Å². The van der Waals surface area contributed by atoms with Crippen LogP contribution >= 0.6 is 0 Å². The first-order chi connectivity index (χ1) is 17.1. The zero-order chi connectivity index (χ0) is 25.9. The third kappa shape index (κ3) is 5.57. The molecule has 0 unspecified atom stereocenters. The second-order valence-electron chi connectivity index (χ2n) is 8.39. The highest BCUT2D eigenvalue weighted by atomic mass is 19.4. The number of hydrogen-bond acceptors (Lipinski definition) is 7. The van der Waals surface area contributed by atoms with Crippen LogP contribution in [-0.2, 0) is 12.7 Å². The summed E-state index contributed by atoms with van der Waals surface area (Å²) in [5, 5.41) is 12.9. The van der Waals surface area contributed by atoms with Crippen LogP contribution in [-0.4, -0.2) is 54.9 Å². The van der Waals surface area contributed by atoms with Crippen LogP contribution < -0.4 is 16.4 Å². The molecule has 0 amide bonds. The van der Waals surface area contributed by atoms with Gasteiger partial charge in [0.25, 0.3) is 0 Å². The Balaban J connectivity index is 0.000000179. The van der Waals surface area contributed by atoms with E-state index in [1.807, 2.05) is 18.2 Å². The number of alkyl halides is 3. The molecule has 0 aromatic carbocycles. The zero-order valence-electron chi connectivity index (χ0n) is 19.1. The predicted molar refractivity (Wildman–Crippen MR) is 127 cm³/mol. The molecule has 0 radical (unpaired) electrons. The maximum absolute atomic E-state index is 13.3. The van der Waals surface area contributed by atoms with Crippen molar-refractivity contribution in [1.82, 2.24) is 24.7 Å². The van der Waals surface area contributed by atoms with Gasteiger partial charge in [0.05, 0.1) is 46.3 Å². The molecule has 13 heteroatoms. The Hall–Kier alpha value is -4.13. The number of halogens is 3. The second-order valence-corrected chi connectivity index (χ2v) is 8.39. The van der Waals surface area contributed by atoms with E-state index in [0.29, 0.717) is 30.7 Å². The topological polar surface area (TPSA) is 152 Å². The lowest BCUT2D eigenvalue weighted by atomic mass is 10.0. The van der Waals surface area contributed by atoms with E-state index in [2.05, 4.69) is 20.1 Å². The summed E-state index contributed by atoms with van der Waals surface area (Å²) in [6.45, 7) is 1.39. The first-order valence-corrected chi connectivity index (χ1v) is 11.1. The number of nitrogen functional groups attached to an aromatic ring is 1. The standard InChI is InChI=1S/C13H16F3N5.C10H9N3O2/c14-13(15,16)8-4-19-12-10(9(18)5-20-12)11(8)21-3-1-2-7(17)6-21;14-10(15)8-5-12-13(6-8)7-9-3-1-2-4-11-9/h4-5,7H,1-3,6,17-18H2,(H,19,20);1-6H,7H2,(H,14,15)/t7-;/m1./s1. The minimum absolute atomic E-state index is 0.0846. The average molecular weight is 503 g/mol. The number of aromatic carboxylic acids is 1. The highest BCUT2D eigenvalue weighted by molar-refractivity contribution is 6.01. The smallest absolute Gasteiger partial charge is 0.419 e. The van der Waals surface area contributed by atoms with Crippen LogP contribution in [0.25, 0.3) is 11.0 Å². The Morgan fingerprint density at radius 1 is 1.25 bits per heavy atom. The van der Waals surface area contributed by atoms with E-state index in [4.69, 9.17) is 16.6 Å². The maximum Gasteiger partial charge on any atom is 0.419 e. The van der Waals surface area contributed by atoms with Gasteiger partial charge < -0.3 is 26.5 Å². The van der Waals surface area contributed by atoms with Crippen LogP contribution in [0, 0.1) is 0 Å². The molecule has 36 heavy (non-hydrogen) atoms. The summed E-state index contributed by atoms with van der Waals surface area (Å²) < 4.78 is 41.5. The quantitative estimate of drug-likeness (QED) is 0.332. The molecule has 0 bridgehead atoms. The van der Waals surface area contributed by atoms with Crippen molar-refractivity contribution in [2.45, 2.75) is 31.6 Å². The number of carbonyl (C=O) groups is 1. The van der Waals surface area contributed by atoms with Crippen molar-refractivity contribution < 1.29 is 23.1 Å². The number of nitrogens with two attached hydrogens (primary N) is 2. The maximum atomic E-state index is 13.3. The summed E-state index contributed by atoms with van der Waals surface area (Å²) in [5.74, 6) is -0.970. The summed E-state index contributed by atoms with van der Waals surface area (Å²) in [6, 6.07) is 5.43. The average Bonchev–Trinajstić information content (AvgIpc) is 3.46. The highest BCUT2D eigenvalue weighted by Crippen LogP contribution is 2.42. The summed E-state index contributed by atoms with van der Waals surface area (Å²) in [5.41, 5.74) is 12.7. The Bertz CT molecular complexity index is 1340. The second kappa shape index (κ2) is 10.2. The number of hydrogen-bond donors (Lipinski definition) is 4. The first kappa shape index (κ1) is 25.0. The van der Waals surface area contributed by atoms with Gasteiger partial charge in [-0.05, 0) is 25.0 Å². The number of nitrogens with zero attached hydrogens (tertiary/aromatic N) is 5. The van der Waals surface area contributed by atoms with Crippen LogP contribution in [0.3, 0.4) is 0 Å². The van der Waals surface area contributed by atoms with Crippen LogP contribution in [0.2, 0.25) is 0 Å². The van der Waals surface area contributed by atoms with Gasteiger partial charge in [0.2, 0.25) is 0 Å². The molecule has 1 atom stereocenters. The van der Waals surface area contributed by atoms with Gasteiger partial charge in [-0.1, -0.05) is 6.07 Å². The molecule has 0 spiro atoms. The van der Waals surface area contributed by atoms with Crippen LogP contribution in [0.15, 0.2) is 49.2 Å². The van der Waals surface area contributed by atoms with Crippen LogP contribution in [0.1, 0.15) is 34.5 Å². The van der Waals surface area contributed by atoms with Crippen LogP contribution in [0.5, 0.6) is 0 Å². The van der Waals surface area contributed by atoms with E-state index in [1.165, 1.54) is 18.6 Å². The van der Waals surface area contributed by atoms with Crippen molar-refractivity contribution in [2.24, 2.45) is 5.73 Å². The number of fused-ring (bicyclic) bond motifs is 1. The first-order valence-electron chi connectivity index (χ1n) is 11.1. The van der Waals surface area contributed by atoms with E-state index in [1.54, 1.807) is 15.8 Å². The molecule has 190 valence electrons. The van der Waals surface area contributed by atoms with Gasteiger partial charge >= 0.3 is 12.1 Å². The normalized spacial score (nSPS) is 16.0. The van der Waals surface area contributed by atoms with E-state index < -0.39 is 17.7 Å². The molecule has 0 aliphatic carbocycles. The molecule has 1 saturated heterocycles. The number of aromatic amines is 1. The molecule has 4 aromatic heterocycles. The fraction of sp³-hybridized carbons (Fsp3) is 0.304. The largest absolute Gasteiger partial charge is 0.478 e. The zero-order valence-corrected chi connectivity index (χ0v) is 19.1. The molecule has 1 aliphatic rings. The number of pyridine rings is 2. The molecule has 1 aliphatic heterocycles. The number of H-pyrrole nitrogens is 1. The lowest BCUT2D eigenvalue weighted by Crippen LogP contribution is -2.43. The Labute approximate surface area is 203 Å². The molecular weight excluding hydrogens is 477 g/mol. The Morgan fingerprint density at radius 2 is 2.06 bits per heavy atom. The van der Waals surface area contributed by atoms with Crippen molar-refractivity contribution in [1.29, 1.82) is 0 Å². The number of piperidine rings is 1. The van der Waals surface area contributed by atoms with Gasteiger partial charge in [-0.2, -0.15) is 18.3 Å². The lowest BCUT2D eigenvalue weighted by Gasteiger charge is -2.34. The van der Waals surface area contributed by atoms with Crippen molar-refractivity contribution in [2.75, 3.05) is 23.7 Å². The molecule has 5 heterocycles. The molecule has 6 N–H and O–H groups in total. The third-order valence-electron chi connectivity index (χ3n) is 5.71. The number of carboxylic acids is 1. The SMILES string of the molecule is Nc1c[nH]c2ncc(C(F)(F)F)c(N3CCC[C@@H](N)C3)c12.O=C(O)c1cnn(Cc2ccccn2)c1. The van der Waals surface area contributed by atoms with Gasteiger partial charge in [-0.25, -0.2) is 9.78 Å². The van der Waals surface area contributed by atoms with Gasteiger partial charge in [-0.15, -0.1) is 0 Å². The van der Waals surface area contributed by atoms with Crippen LogP contribution in [0.4, 0.5) is 24.5 Å². The summed E-state index contributed by atoms with van der Waals surface area (Å²) >= 11 is 0.